The lowest BCUT2D eigenvalue weighted by atomic mass is 10.2. The van der Waals surface area contributed by atoms with Crippen molar-refractivity contribution in [2.45, 2.75) is 32.9 Å². The largest absolute Gasteiger partial charge is 0.444 e. The zero-order valence-electron chi connectivity index (χ0n) is 11.9. The van der Waals surface area contributed by atoms with Crippen LogP contribution in [0.25, 0.3) is 0 Å². The molecule has 0 aromatic carbocycles. The van der Waals surface area contributed by atoms with Crippen LogP contribution in [0.2, 0.25) is 0 Å². The van der Waals surface area contributed by atoms with Crippen LogP contribution in [0.1, 0.15) is 25.6 Å². The maximum Gasteiger partial charge on any atom is 0.410 e. The lowest BCUT2D eigenvalue weighted by molar-refractivity contribution is 0.0140. The highest BCUT2D eigenvalue weighted by molar-refractivity contribution is 7.09. The summed E-state index contributed by atoms with van der Waals surface area (Å²) in [4.78, 5) is 17.5. The zero-order chi connectivity index (χ0) is 13.9. The molecule has 1 saturated heterocycles. The summed E-state index contributed by atoms with van der Waals surface area (Å²) in [6, 6.07) is 4.24. The van der Waals surface area contributed by atoms with E-state index in [0.717, 1.165) is 32.7 Å². The van der Waals surface area contributed by atoms with Gasteiger partial charge in [0, 0.05) is 37.6 Å². The topological polar surface area (TPSA) is 32.8 Å². The van der Waals surface area contributed by atoms with Crippen molar-refractivity contribution in [2.75, 3.05) is 26.2 Å². The maximum atomic E-state index is 11.9. The van der Waals surface area contributed by atoms with Gasteiger partial charge < -0.3 is 9.64 Å². The first kappa shape index (κ1) is 14.3. The zero-order valence-corrected chi connectivity index (χ0v) is 12.7. The highest BCUT2D eigenvalue weighted by Crippen LogP contribution is 2.15. The highest BCUT2D eigenvalue weighted by Gasteiger charge is 2.25. The quantitative estimate of drug-likeness (QED) is 0.836. The maximum absolute atomic E-state index is 11.9. The summed E-state index contributed by atoms with van der Waals surface area (Å²) in [5.74, 6) is 0. The molecule has 0 spiro atoms. The van der Waals surface area contributed by atoms with Crippen LogP contribution in [0.5, 0.6) is 0 Å². The minimum atomic E-state index is -0.412. The molecule has 1 aliphatic rings. The van der Waals surface area contributed by atoms with Crippen LogP contribution in [0.4, 0.5) is 4.79 Å². The van der Waals surface area contributed by atoms with Gasteiger partial charge in [-0.05, 0) is 32.2 Å². The third kappa shape index (κ3) is 4.51. The van der Waals surface area contributed by atoms with E-state index in [9.17, 15) is 4.79 Å². The summed E-state index contributed by atoms with van der Waals surface area (Å²) in [6.45, 7) is 10.0. The van der Waals surface area contributed by atoms with Gasteiger partial charge in [0.05, 0.1) is 0 Å². The van der Waals surface area contributed by atoms with Crippen LogP contribution < -0.4 is 0 Å². The van der Waals surface area contributed by atoms with E-state index in [0.29, 0.717) is 0 Å². The fourth-order valence-electron chi connectivity index (χ4n) is 2.04. The van der Waals surface area contributed by atoms with Gasteiger partial charge in [-0.2, -0.15) is 0 Å². The van der Waals surface area contributed by atoms with Crippen LogP contribution in [0.3, 0.4) is 0 Å². The molecule has 2 rings (SSSR count). The van der Waals surface area contributed by atoms with E-state index in [1.54, 1.807) is 16.2 Å². The van der Waals surface area contributed by atoms with Crippen LogP contribution in [-0.2, 0) is 11.3 Å². The number of thiophene rings is 1. The lowest BCUT2D eigenvalue weighted by Gasteiger charge is -2.35. The summed E-state index contributed by atoms with van der Waals surface area (Å²) < 4.78 is 5.39. The molecule has 1 aliphatic heterocycles. The van der Waals surface area contributed by atoms with E-state index in [2.05, 4.69) is 22.4 Å². The summed E-state index contributed by atoms with van der Waals surface area (Å²) in [5, 5.41) is 2.10. The fourth-order valence-corrected chi connectivity index (χ4v) is 2.78. The van der Waals surface area contributed by atoms with Gasteiger partial charge in [0.2, 0.25) is 0 Å². The number of piperazine rings is 1. The van der Waals surface area contributed by atoms with Crippen molar-refractivity contribution >= 4 is 17.4 Å². The molecule has 1 fully saturated rings. The van der Waals surface area contributed by atoms with Gasteiger partial charge in [-0.1, -0.05) is 6.07 Å². The van der Waals surface area contributed by atoms with Crippen molar-refractivity contribution in [3.63, 3.8) is 0 Å². The van der Waals surface area contributed by atoms with Crippen LogP contribution in [-0.4, -0.2) is 47.7 Å². The van der Waals surface area contributed by atoms with Gasteiger partial charge in [0.15, 0.2) is 0 Å². The number of hydrogen-bond donors (Lipinski definition) is 0. The van der Waals surface area contributed by atoms with Crippen LogP contribution in [0.15, 0.2) is 17.5 Å². The number of carbonyl (C=O) groups excluding carboxylic acids is 1. The van der Waals surface area contributed by atoms with Crippen molar-refractivity contribution in [2.24, 2.45) is 0 Å². The summed E-state index contributed by atoms with van der Waals surface area (Å²) in [6.07, 6.45) is -0.191. The van der Waals surface area contributed by atoms with Crippen molar-refractivity contribution in [1.82, 2.24) is 9.80 Å². The predicted octanol–water partition coefficient (Wildman–Crippen LogP) is 2.80. The summed E-state index contributed by atoms with van der Waals surface area (Å²) in [5.41, 5.74) is -0.412. The molecule has 0 radical (unpaired) electrons. The Labute approximate surface area is 119 Å². The highest BCUT2D eigenvalue weighted by atomic mass is 32.1. The second-order valence-corrected chi connectivity index (χ2v) is 6.86. The number of carbonyl (C=O) groups is 1. The normalized spacial score (nSPS) is 17.5. The molecular weight excluding hydrogens is 260 g/mol. The van der Waals surface area contributed by atoms with Crippen molar-refractivity contribution < 1.29 is 9.53 Å². The fraction of sp³-hybridized carbons (Fsp3) is 0.643. The van der Waals surface area contributed by atoms with E-state index in [1.165, 1.54) is 4.88 Å². The third-order valence-electron chi connectivity index (χ3n) is 2.98. The number of hydrogen-bond acceptors (Lipinski definition) is 4. The Hall–Kier alpha value is -1.07. The summed E-state index contributed by atoms with van der Waals surface area (Å²) >= 11 is 1.78. The number of nitrogens with zero attached hydrogens (tertiary/aromatic N) is 2. The molecule has 19 heavy (non-hydrogen) atoms. The number of amides is 1. The van der Waals surface area contributed by atoms with E-state index < -0.39 is 5.60 Å². The predicted molar refractivity (Wildman–Crippen MR) is 77.4 cm³/mol. The molecule has 0 N–H and O–H groups in total. The van der Waals surface area contributed by atoms with Gasteiger partial charge in [-0.25, -0.2) is 4.79 Å². The van der Waals surface area contributed by atoms with Crippen LogP contribution >= 0.6 is 11.3 Å². The molecule has 1 amide bonds. The van der Waals surface area contributed by atoms with E-state index in [1.807, 2.05) is 20.8 Å². The SMILES string of the molecule is CC(C)(C)OC(=O)N1CCN(Cc2cccs2)CC1. The first-order valence-corrected chi connectivity index (χ1v) is 7.55. The van der Waals surface area contributed by atoms with E-state index in [4.69, 9.17) is 4.74 Å². The monoisotopic (exact) mass is 282 g/mol. The summed E-state index contributed by atoms with van der Waals surface area (Å²) in [7, 11) is 0. The molecule has 5 heteroatoms. The second kappa shape index (κ2) is 5.92. The minimum Gasteiger partial charge on any atom is -0.444 e. The minimum absolute atomic E-state index is 0.191. The van der Waals surface area contributed by atoms with E-state index in [-0.39, 0.29) is 6.09 Å². The molecule has 0 bridgehead atoms. The molecule has 1 aromatic rings. The molecule has 1 aromatic heterocycles. The first-order valence-electron chi connectivity index (χ1n) is 6.67. The van der Waals surface area contributed by atoms with Gasteiger partial charge in [0.25, 0.3) is 0 Å². The van der Waals surface area contributed by atoms with Crippen molar-refractivity contribution in [3.05, 3.63) is 22.4 Å². The molecule has 2 heterocycles. The van der Waals surface area contributed by atoms with Crippen molar-refractivity contribution in [1.29, 1.82) is 0 Å². The standard InChI is InChI=1S/C14H22N2O2S/c1-14(2,3)18-13(17)16-8-6-15(7-9-16)11-12-5-4-10-19-12/h4-5,10H,6-9,11H2,1-3H3. The Bertz CT molecular complexity index is 404. The molecule has 0 aliphatic carbocycles. The average molecular weight is 282 g/mol. The Balaban J connectivity index is 1.77. The van der Waals surface area contributed by atoms with Gasteiger partial charge in [-0.3, -0.25) is 4.90 Å². The number of rotatable bonds is 2. The molecule has 4 nitrogen and oxygen atoms in total. The van der Waals surface area contributed by atoms with E-state index >= 15 is 0 Å². The Morgan fingerprint density at radius 1 is 1.32 bits per heavy atom. The molecule has 0 unspecified atom stereocenters. The Kier molecular flexibility index (Phi) is 4.47. The van der Waals surface area contributed by atoms with Gasteiger partial charge in [0.1, 0.15) is 5.60 Å². The van der Waals surface area contributed by atoms with Gasteiger partial charge >= 0.3 is 6.09 Å². The number of ether oxygens (including phenoxy) is 1. The molecule has 106 valence electrons. The smallest absolute Gasteiger partial charge is 0.410 e. The molecule has 0 atom stereocenters. The Morgan fingerprint density at radius 2 is 2.00 bits per heavy atom. The molecular formula is C14H22N2O2S. The molecule has 0 saturated carbocycles. The average Bonchev–Trinajstić information content (AvgIpc) is 2.80. The van der Waals surface area contributed by atoms with Crippen LogP contribution in [0, 0.1) is 0 Å². The van der Waals surface area contributed by atoms with Crippen molar-refractivity contribution in [3.8, 4) is 0 Å². The van der Waals surface area contributed by atoms with Gasteiger partial charge in [-0.15, -0.1) is 11.3 Å². The lowest BCUT2D eigenvalue weighted by Crippen LogP contribution is -2.49. The Morgan fingerprint density at radius 3 is 2.53 bits per heavy atom. The second-order valence-electron chi connectivity index (χ2n) is 5.82. The third-order valence-corrected chi connectivity index (χ3v) is 3.84. The first-order chi connectivity index (χ1) is 8.94.